The van der Waals surface area contributed by atoms with Crippen molar-refractivity contribution >= 4 is 40.7 Å². The van der Waals surface area contributed by atoms with Crippen molar-refractivity contribution in [1.82, 2.24) is 19.9 Å². The molecule has 0 saturated heterocycles. The third-order valence-corrected chi connectivity index (χ3v) is 5.87. The average molecular weight is 483 g/mol. The summed E-state index contributed by atoms with van der Waals surface area (Å²) in [5.74, 6) is -1.73. The van der Waals surface area contributed by atoms with Gasteiger partial charge in [0.05, 0.1) is 11.4 Å². The Hall–Kier alpha value is -3.42. The monoisotopic (exact) mass is 482 g/mol. The van der Waals surface area contributed by atoms with E-state index >= 15 is 0 Å². The number of aromatic nitrogens is 3. The number of halogens is 2. The fourth-order valence-corrected chi connectivity index (χ4v) is 3.88. The number of hydrogen-bond donors (Lipinski definition) is 2. The first-order chi connectivity index (χ1) is 15.6. The van der Waals surface area contributed by atoms with Gasteiger partial charge in [0.25, 0.3) is 5.91 Å². The molecule has 0 aliphatic heterocycles. The Morgan fingerprint density at radius 3 is 2.33 bits per heavy atom. The molecule has 0 spiro atoms. The molecule has 2 aromatic carbocycles. The standard InChI is InChI=1S/C24H20Cl2N4O3/c1-13-19(22(31)28-24(2,3)23(32)33)21-27-12-17(16-6-4-5-7-18(16)26)20(30(21)29-13)14-8-10-15(25)11-9-14/h4-12H,1-3H3,(H,28,31)(H,32,33). The quantitative estimate of drug-likeness (QED) is 0.403. The van der Waals surface area contributed by atoms with Crippen molar-refractivity contribution in [3.05, 3.63) is 76.0 Å². The number of amides is 1. The predicted octanol–water partition coefficient (Wildman–Crippen LogP) is 5.27. The molecule has 0 bridgehead atoms. The molecule has 33 heavy (non-hydrogen) atoms. The molecule has 0 aliphatic carbocycles. The van der Waals surface area contributed by atoms with Crippen molar-refractivity contribution < 1.29 is 14.7 Å². The molecule has 0 radical (unpaired) electrons. The van der Waals surface area contributed by atoms with Crippen molar-refractivity contribution in [3.8, 4) is 22.4 Å². The zero-order valence-corrected chi connectivity index (χ0v) is 19.6. The van der Waals surface area contributed by atoms with Crippen LogP contribution in [0.25, 0.3) is 28.0 Å². The van der Waals surface area contributed by atoms with Crippen LogP contribution in [0.3, 0.4) is 0 Å². The van der Waals surface area contributed by atoms with Gasteiger partial charge in [-0.05, 0) is 39.0 Å². The zero-order chi connectivity index (χ0) is 23.9. The topological polar surface area (TPSA) is 96.6 Å². The van der Waals surface area contributed by atoms with Crippen LogP contribution in [-0.2, 0) is 4.79 Å². The van der Waals surface area contributed by atoms with Crippen LogP contribution in [0.2, 0.25) is 10.0 Å². The molecule has 168 valence electrons. The minimum absolute atomic E-state index is 0.199. The lowest BCUT2D eigenvalue weighted by molar-refractivity contribution is -0.143. The first-order valence-electron chi connectivity index (χ1n) is 10.0. The number of nitrogens with zero attached hydrogens (tertiary/aromatic N) is 3. The lowest BCUT2D eigenvalue weighted by atomic mass is 10.0. The van der Waals surface area contributed by atoms with Gasteiger partial charge in [0.15, 0.2) is 5.65 Å². The van der Waals surface area contributed by atoms with Crippen LogP contribution in [0.1, 0.15) is 29.9 Å². The van der Waals surface area contributed by atoms with Crippen LogP contribution >= 0.6 is 23.2 Å². The van der Waals surface area contributed by atoms with E-state index in [2.05, 4.69) is 15.4 Å². The van der Waals surface area contributed by atoms with E-state index in [1.54, 1.807) is 35.8 Å². The smallest absolute Gasteiger partial charge is 0.328 e. The normalized spacial score (nSPS) is 11.5. The van der Waals surface area contributed by atoms with Gasteiger partial charge in [-0.25, -0.2) is 14.3 Å². The SMILES string of the molecule is Cc1nn2c(-c3ccc(Cl)cc3)c(-c3ccccc3Cl)cnc2c1C(=O)NC(C)(C)C(=O)O. The lowest BCUT2D eigenvalue weighted by Gasteiger charge is -2.20. The number of benzene rings is 2. The van der Waals surface area contributed by atoms with Crippen molar-refractivity contribution in [3.63, 3.8) is 0 Å². The minimum atomic E-state index is -1.46. The van der Waals surface area contributed by atoms with Gasteiger partial charge in [-0.2, -0.15) is 5.10 Å². The van der Waals surface area contributed by atoms with E-state index in [1.165, 1.54) is 13.8 Å². The van der Waals surface area contributed by atoms with Gasteiger partial charge in [0.2, 0.25) is 0 Å². The number of carboxylic acids is 1. The van der Waals surface area contributed by atoms with E-state index in [0.717, 1.165) is 16.7 Å². The zero-order valence-electron chi connectivity index (χ0n) is 18.1. The highest BCUT2D eigenvalue weighted by molar-refractivity contribution is 6.33. The van der Waals surface area contributed by atoms with Gasteiger partial charge < -0.3 is 10.4 Å². The molecule has 4 rings (SSSR count). The summed E-state index contributed by atoms with van der Waals surface area (Å²) >= 11 is 12.6. The number of aliphatic carboxylic acids is 1. The van der Waals surface area contributed by atoms with Gasteiger partial charge in [-0.3, -0.25) is 4.79 Å². The van der Waals surface area contributed by atoms with Gasteiger partial charge >= 0.3 is 5.97 Å². The van der Waals surface area contributed by atoms with E-state index in [0.29, 0.717) is 27.1 Å². The molecule has 1 amide bonds. The Kier molecular flexibility index (Phi) is 5.86. The fourth-order valence-electron chi connectivity index (χ4n) is 3.52. The molecule has 0 fully saturated rings. The number of carbonyl (C=O) groups excluding carboxylic acids is 1. The van der Waals surface area contributed by atoms with Crippen LogP contribution < -0.4 is 5.32 Å². The number of nitrogens with one attached hydrogen (secondary N) is 1. The maximum absolute atomic E-state index is 13.1. The third-order valence-electron chi connectivity index (χ3n) is 5.29. The Bertz CT molecular complexity index is 1400. The Morgan fingerprint density at radius 2 is 1.70 bits per heavy atom. The maximum Gasteiger partial charge on any atom is 0.328 e. The summed E-state index contributed by atoms with van der Waals surface area (Å²) in [6.45, 7) is 4.50. The molecule has 7 nitrogen and oxygen atoms in total. The molecule has 4 aromatic rings. The highest BCUT2D eigenvalue weighted by Crippen LogP contribution is 2.36. The first-order valence-corrected chi connectivity index (χ1v) is 10.8. The summed E-state index contributed by atoms with van der Waals surface area (Å²) in [5.41, 5.74) is 2.38. The number of aryl methyl sites for hydroxylation is 1. The highest BCUT2D eigenvalue weighted by atomic mass is 35.5. The number of carbonyl (C=O) groups is 2. The van der Waals surface area contributed by atoms with E-state index < -0.39 is 17.4 Å². The van der Waals surface area contributed by atoms with Crippen molar-refractivity contribution in [2.24, 2.45) is 0 Å². The average Bonchev–Trinajstić information content (AvgIpc) is 3.09. The van der Waals surface area contributed by atoms with Crippen molar-refractivity contribution in [2.45, 2.75) is 26.3 Å². The van der Waals surface area contributed by atoms with Crippen LogP contribution in [-0.4, -0.2) is 37.1 Å². The van der Waals surface area contributed by atoms with Crippen LogP contribution in [0.15, 0.2) is 54.7 Å². The third kappa shape index (κ3) is 4.17. The highest BCUT2D eigenvalue weighted by Gasteiger charge is 2.32. The van der Waals surface area contributed by atoms with E-state index in [9.17, 15) is 14.7 Å². The Balaban J connectivity index is 1.98. The molecule has 2 aromatic heterocycles. The Morgan fingerprint density at radius 1 is 1.03 bits per heavy atom. The number of carboxylic acid groups (broad SMARTS) is 1. The van der Waals surface area contributed by atoms with Gasteiger partial charge in [-0.1, -0.05) is 53.5 Å². The van der Waals surface area contributed by atoms with Gasteiger partial charge in [0.1, 0.15) is 11.1 Å². The van der Waals surface area contributed by atoms with Crippen LogP contribution in [0.5, 0.6) is 0 Å². The summed E-state index contributed by atoms with van der Waals surface area (Å²) in [4.78, 5) is 29.1. The number of rotatable bonds is 5. The molecule has 0 unspecified atom stereocenters. The molecular weight excluding hydrogens is 463 g/mol. The summed E-state index contributed by atoms with van der Waals surface area (Å²) in [6.07, 6.45) is 1.64. The van der Waals surface area contributed by atoms with Crippen LogP contribution in [0, 0.1) is 6.92 Å². The van der Waals surface area contributed by atoms with E-state index in [1.807, 2.05) is 30.3 Å². The van der Waals surface area contributed by atoms with E-state index in [-0.39, 0.29) is 5.56 Å². The van der Waals surface area contributed by atoms with E-state index in [4.69, 9.17) is 23.2 Å². The first kappa shape index (κ1) is 22.8. The molecule has 2 N–H and O–H groups in total. The lowest BCUT2D eigenvalue weighted by Crippen LogP contribution is -2.49. The predicted molar refractivity (Wildman–Crippen MR) is 128 cm³/mol. The summed E-state index contributed by atoms with van der Waals surface area (Å²) in [5, 5.41) is 17.7. The molecule has 0 saturated carbocycles. The number of fused-ring (bicyclic) bond motifs is 1. The van der Waals surface area contributed by atoms with Gasteiger partial charge in [0, 0.05) is 32.9 Å². The second kappa shape index (κ2) is 8.50. The molecule has 2 heterocycles. The summed E-state index contributed by atoms with van der Waals surface area (Å²) in [6, 6.07) is 14.6. The van der Waals surface area contributed by atoms with Crippen molar-refractivity contribution in [2.75, 3.05) is 0 Å². The molecular formula is C24H20Cl2N4O3. The van der Waals surface area contributed by atoms with Crippen molar-refractivity contribution in [1.29, 1.82) is 0 Å². The Labute approximate surface area is 200 Å². The number of hydrogen-bond acceptors (Lipinski definition) is 4. The molecule has 0 atom stereocenters. The van der Waals surface area contributed by atoms with Crippen LogP contribution in [0.4, 0.5) is 0 Å². The summed E-state index contributed by atoms with van der Waals surface area (Å²) < 4.78 is 1.58. The minimum Gasteiger partial charge on any atom is -0.480 e. The maximum atomic E-state index is 13.1. The molecule has 0 aliphatic rings. The fraction of sp³-hybridized carbons (Fsp3) is 0.167. The second-order valence-corrected chi connectivity index (χ2v) is 8.93. The van der Waals surface area contributed by atoms with Gasteiger partial charge in [-0.15, -0.1) is 0 Å². The molecule has 9 heteroatoms. The second-order valence-electron chi connectivity index (χ2n) is 8.09. The summed E-state index contributed by atoms with van der Waals surface area (Å²) in [7, 11) is 0. The largest absolute Gasteiger partial charge is 0.480 e.